The minimum Gasteiger partial charge on any atom is -0.462 e. The second-order valence-corrected chi connectivity index (χ2v) is 6.92. The highest BCUT2D eigenvalue weighted by Crippen LogP contribution is 2.32. The van der Waals surface area contributed by atoms with Gasteiger partial charge in [0.1, 0.15) is 48.2 Å². The van der Waals surface area contributed by atoms with Crippen LogP contribution in [-0.2, 0) is 19.1 Å². The molecule has 3 aromatic carbocycles. The predicted octanol–water partition coefficient (Wildman–Crippen LogP) is 6.46. The van der Waals surface area contributed by atoms with E-state index in [0.29, 0.717) is 16.9 Å². The molecule has 3 rings (SSSR count). The first-order chi connectivity index (χ1) is 17.4. The van der Waals surface area contributed by atoms with Crippen LogP contribution in [0.1, 0.15) is 0 Å². The van der Waals surface area contributed by atoms with E-state index in [4.69, 9.17) is 9.47 Å². The fourth-order valence-electron chi connectivity index (χ4n) is 2.93. The van der Waals surface area contributed by atoms with Crippen LogP contribution >= 0.6 is 0 Å². The van der Waals surface area contributed by atoms with Crippen LogP contribution in [0.3, 0.4) is 0 Å². The van der Waals surface area contributed by atoms with Crippen molar-refractivity contribution in [3.8, 4) is 33.8 Å². The number of hydrogen-bond donors (Lipinski definition) is 0. The van der Waals surface area contributed by atoms with Crippen molar-refractivity contribution in [1.29, 1.82) is 0 Å². The highest BCUT2D eigenvalue weighted by molar-refractivity contribution is 5.82. The zero-order valence-corrected chi connectivity index (χ0v) is 18.9. The van der Waals surface area contributed by atoms with Gasteiger partial charge in [-0.3, -0.25) is 0 Å². The van der Waals surface area contributed by atoms with Gasteiger partial charge in [-0.25, -0.2) is 18.4 Å². The first-order valence-electron chi connectivity index (χ1n) is 10.4. The Morgan fingerprint density at radius 1 is 0.611 bits per heavy atom. The predicted molar refractivity (Wildman–Crippen MR) is 129 cm³/mol. The van der Waals surface area contributed by atoms with Gasteiger partial charge in [-0.05, 0) is 41.5 Å². The molecule has 0 bridgehead atoms. The molecule has 0 saturated heterocycles. The van der Waals surface area contributed by atoms with E-state index in [0.717, 1.165) is 37.0 Å². The summed E-state index contributed by atoms with van der Waals surface area (Å²) in [6.07, 6.45) is 6.34. The molecule has 0 atom stereocenters. The Morgan fingerprint density at radius 3 is 1.61 bits per heavy atom. The van der Waals surface area contributed by atoms with Crippen molar-refractivity contribution >= 4 is 11.9 Å². The van der Waals surface area contributed by atoms with Gasteiger partial charge in [-0.1, -0.05) is 37.4 Å². The van der Waals surface area contributed by atoms with Gasteiger partial charge in [0.15, 0.2) is 0 Å². The quantitative estimate of drug-likeness (QED) is 0.185. The van der Waals surface area contributed by atoms with E-state index in [9.17, 15) is 18.4 Å². The minimum atomic E-state index is -0.691. The SMILES string of the molecule is C=CC(=O)O/C=C\Oc1ccc(-c2ccc(-c3ccc(O/C=C\OC(=O)C=C)cc3F)c(F)c2)cc1. The third kappa shape index (κ3) is 7.01. The molecule has 0 unspecified atom stereocenters. The second-order valence-electron chi connectivity index (χ2n) is 6.92. The van der Waals surface area contributed by atoms with Crippen molar-refractivity contribution in [2.24, 2.45) is 0 Å². The zero-order chi connectivity index (χ0) is 25.9. The molecule has 0 fully saturated rings. The highest BCUT2D eigenvalue weighted by atomic mass is 19.1. The fourth-order valence-corrected chi connectivity index (χ4v) is 2.93. The van der Waals surface area contributed by atoms with E-state index in [1.165, 1.54) is 30.5 Å². The average molecular weight is 490 g/mol. The van der Waals surface area contributed by atoms with E-state index in [2.05, 4.69) is 22.6 Å². The summed E-state index contributed by atoms with van der Waals surface area (Å²) < 4.78 is 49.3. The van der Waals surface area contributed by atoms with Crippen LogP contribution in [0.2, 0.25) is 0 Å². The van der Waals surface area contributed by atoms with Crippen molar-refractivity contribution in [2.45, 2.75) is 0 Å². The summed E-state index contributed by atoms with van der Waals surface area (Å²) in [6.45, 7) is 6.52. The van der Waals surface area contributed by atoms with Crippen LogP contribution in [0.4, 0.5) is 8.78 Å². The van der Waals surface area contributed by atoms with E-state index in [1.54, 1.807) is 30.3 Å². The van der Waals surface area contributed by atoms with Crippen LogP contribution in [0, 0.1) is 11.6 Å². The van der Waals surface area contributed by atoms with Gasteiger partial charge in [0.25, 0.3) is 0 Å². The van der Waals surface area contributed by atoms with Crippen molar-refractivity contribution < 1.29 is 37.3 Å². The number of ether oxygens (including phenoxy) is 4. The first-order valence-corrected chi connectivity index (χ1v) is 10.4. The fraction of sp³-hybridized carbons (Fsp3) is 0. The number of carbonyl (C=O) groups excluding carboxylic acids is 2. The lowest BCUT2D eigenvalue weighted by molar-refractivity contribution is -0.133. The zero-order valence-electron chi connectivity index (χ0n) is 18.9. The molecule has 36 heavy (non-hydrogen) atoms. The molecular weight excluding hydrogens is 470 g/mol. The summed E-state index contributed by atoms with van der Waals surface area (Å²) in [7, 11) is 0. The van der Waals surface area contributed by atoms with E-state index in [-0.39, 0.29) is 16.9 Å². The molecule has 0 spiro atoms. The number of rotatable bonds is 10. The summed E-state index contributed by atoms with van der Waals surface area (Å²) in [5, 5.41) is 0. The number of carbonyl (C=O) groups is 2. The van der Waals surface area contributed by atoms with Gasteiger partial charge < -0.3 is 18.9 Å². The molecule has 0 aliphatic rings. The first kappa shape index (κ1) is 25.6. The lowest BCUT2D eigenvalue weighted by Gasteiger charge is -2.10. The van der Waals surface area contributed by atoms with Crippen LogP contribution in [0.25, 0.3) is 22.3 Å². The van der Waals surface area contributed by atoms with Gasteiger partial charge in [-0.15, -0.1) is 0 Å². The Morgan fingerprint density at radius 2 is 1.08 bits per heavy atom. The number of hydrogen-bond acceptors (Lipinski definition) is 6. The lowest BCUT2D eigenvalue weighted by Crippen LogP contribution is -1.94. The molecule has 0 aliphatic heterocycles. The van der Waals surface area contributed by atoms with Crippen molar-refractivity contribution in [2.75, 3.05) is 0 Å². The second kappa shape index (κ2) is 12.5. The third-order valence-electron chi connectivity index (χ3n) is 4.61. The molecule has 0 heterocycles. The summed E-state index contributed by atoms with van der Waals surface area (Å²) in [4.78, 5) is 21.9. The Balaban J connectivity index is 1.68. The average Bonchev–Trinajstić information content (AvgIpc) is 2.89. The maximum Gasteiger partial charge on any atom is 0.335 e. The van der Waals surface area contributed by atoms with Crippen molar-refractivity contribution in [3.63, 3.8) is 0 Å². The smallest absolute Gasteiger partial charge is 0.335 e. The summed E-state index contributed by atoms with van der Waals surface area (Å²) in [5.41, 5.74) is 1.43. The Hall–Kier alpha value is -4.98. The van der Waals surface area contributed by atoms with Crippen LogP contribution < -0.4 is 9.47 Å². The molecule has 0 N–H and O–H groups in total. The third-order valence-corrected chi connectivity index (χ3v) is 4.61. The van der Waals surface area contributed by atoms with Crippen LogP contribution in [0.15, 0.2) is 111 Å². The standard InChI is InChI=1S/C28H20F2O6/c1-3-27(31)35-15-13-33-21-8-5-19(6-9-21)20-7-11-23(25(29)17-20)24-12-10-22(18-26(24)30)34-14-16-36-28(32)4-2/h3-18H,1-2H2/b15-13-,16-14-. The monoisotopic (exact) mass is 490 g/mol. The van der Waals surface area contributed by atoms with Crippen molar-refractivity contribution in [3.05, 3.63) is 123 Å². The normalized spacial score (nSPS) is 10.7. The molecule has 0 radical (unpaired) electrons. The molecule has 0 saturated carbocycles. The summed E-state index contributed by atoms with van der Waals surface area (Å²) >= 11 is 0. The van der Waals surface area contributed by atoms with Gasteiger partial charge in [0.2, 0.25) is 0 Å². The molecular formula is C28H20F2O6. The molecule has 0 amide bonds. The Labute approximate surface area is 206 Å². The molecule has 182 valence electrons. The van der Waals surface area contributed by atoms with Crippen LogP contribution in [-0.4, -0.2) is 11.9 Å². The topological polar surface area (TPSA) is 71.1 Å². The summed E-state index contributed by atoms with van der Waals surface area (Å²) in [6, 6.07) is 15.2. The highest BCUT2D eigenvalue weighted by Gasteiger charge is 2.13. The van der Waals surface area contributed by atoms with E-state index < -0.39 is 23.6 Å². The maximum absolute atomic E-state index is 14.9. The molecule has 0 aliphatic carbocycles. The molecule has 8 heteroatoms. The van der Waals surface area contributed by atoms with Gasteiger partial charge in [0, 0.05) is 29.3 Å². The molecule has 0 aromatic heterocycles. The number of benzene rings is 3. The molecule has 6 nitrogen and oxygen atoms in total. The van der Waals surface area contributed by atoms with E-state index in [1.807, 2.05) is 0 Å². The minimum absolute atomic E-state index is 0.0566. The van der Waals surface area contributed by atoms with Crippen LogP contribution in [0.5, 0.6) is 11.5 Å². The van der Waals surface area contributed by atoms with Gasteiger partial charge in [-0.2, -0.15) is 0 Å². The number of esters is 2. The van der Waals surface area contributed by atoms with Gasteiger partial charge in [0.05, 0.1) is 0 Å². The van der Waals surface area contributed by atoms with Gasteiger partial charge >= 0.3 is 11.9 Å². The van der Waals surface area contributed by atoms with Crippen molar-refractivity contribution in [1.82, 2.24) is 0 Å². The Bertz CT molecular complexity index is 1330. The largest absolute Gasteiger partial charge is 0.462 e. The lowest BCUT2D eigenvalue weighted by atomic mass is 9.99. The number of halogens is 2. The van der Waals surface area contributed by atoms with E-state index >= 15 is 0 Å². The maximum atomic E-state index is 14.9. The molecule has 3 aromatic rings. The Kier molecular flexibility index (Phi) is 8.88. The summed E-state index contributed by atoms with van der Waals surface area (Å²) in [5.74, 6) is -1.97.